The number of unbranched alkanes of at least 4 members (excludes halogenated alkanes) is 2. The lowest BCUT2D eigenvalue weighted by Gasteiger charge is -2.27. The largest absolute Gasteiger partial charge is 0.467 e. The van der Waals surface area contributed by atoms with Gasteiger partial charge < -0.3 is 25.0 Å². The smallest absolute Gasteiger partial charge is 0.408 e. The van der Waals surface area contributed by atoms with Crippen LogP contribution < -0.4 is 10.6 Å². The summed E-state index contributed by atoms with van der Waals surface area (Å²) < 4.78 is 10.2. The summed E-state index contributed by atoms with van der Waals surface area (Å²) in [5.41, 5.74) is 0.723. The van der Waals surface area contributed by atoms with Gasteiger partial charge in [0.25, 0.3) is 0 Å². The van der Waals surface area contributed by atoms with E-state index in [0.29, 0.717) is 18.0 Å². The van der Waals surface area contributed by atoms with Crippen LogP contribution in [0.25, 0.3) is 0 Å². The fourth-order valence-corrected chi connectivity index (χ4v) is 5.01. The average Bonchev–Trinajstić information content (AvgIpc) is 2.93. The van der Waals surface area contributed by atoms with Crippen molar-refractivity contribution in [2.75, 3.05) is 20.7 Å². The summed E-state index contributed by atoms with van der Waals surface area (Å²) in [6, 6.07) is 5.08. The van der Waals surface area contributed by atoms with Gasteiger partial charge in [-0.3, -0.25) is 9.59 Å². The molecule has 218 valence electrons. The standard InChI is InChI=1S/C29H44ClN3O6/c1-4-5-9-17-33(2)26(34)16-15-24(28(36)38-3)31-27(35)25(19-21-11-7-6-8-12-21)32-29(37)39-20-22-13-10-14-23(30)18-22/h10,13-14,18,21,24-25H,4-9,11-12,15-17,19-20H2,1-3H3,(H,31,35)(H,32,37)/t24-,25-/m0/s1. The van der Waals surface area contributed by atoms with E-state index in [-0.39, 0.29) is 31.3 Å². The number of hydrogen-bond donors (Lipinski definition) is 2. The molecule has 2 N–H and O–H groups in total. The number of nitrogens with one attached hydrogen (secondary N) is 2. The van der Waals surface area contributed by atoms with Gasteiger partial charge in [-0.1, -0.05) is 75.6 Å². The minimum atomic E-state index is -1.01. The molecular weight excluding hydrogens is 522 g/mol. The Morgan fingerprint density at radius 3 is 2.49 bits per heavy atom. The summed E-state index contributed by atoms with van der Waals surface area (Å²) in [7, 11) is 2.98. The van der Waals surface area contributed by atoms with Crippen molar-refractivity contribution in [1.82, 2.24) is 15.5 Å². The van der Waals surface area contributed by atoms with Gasteiger partial charge in [-0.25, -0.2) is 9.59 Å². The van der Waals surface area contributed by atoms with Crippen LogP contribution in [-0.2, 0) is 30.5 Å². The van der Waals surface area contributed by atoms with Gasteiger partial charge in [0.15, 0.2) is 0 Å². The third-order valence-corrected chi connectivity index (χ3v) is 7.37. The van der Waals surface area contributed by atoms with Crippen molar-refractivity contribution < 1.29 is 28.7 Å². The third kappa shape index (κ3) is 12.3. The molecule has 1 aromatic rings. The van der Waals surface area contributed by atoms with E-state index in [4.69, 9.17) is 21.1 Å². The van der Waals surface area contributed by atoms with Gasteiger partial charge in [-0.2, -0.15) is 0 Å². The number of amides is 3. The van der Waals surface area contributed by atoms with Crippen LogP contribution in [-0.4, -0.2) is 61.6 Å². The number of hydrogen-bond acceptors (Lipinski definition) is 6. The molecule has 0 radical (unpaired) electrons. The molecule has 0 aromatic heterocycles. The Bertz CT molecular complexity index is 937. The van der Waals surface area contributed by atoms with Crippen LogP contribution in [0.5, 0.6) is 0 Å². The van der Waals surface area contributed by atoms with Crippen LogP contribution in [0.2, 0.25) is 5.02 Å². The van der Waals surface area contributed by atoms with Gasteiger partial charge in [0.05, 0.1) is 7.11 Å². The Balaban J connectivity index is 2.02. The third-order valence-electron chi connectivity index (χ3n) is 7.13. The van der Waals surface area contributed by atoms with Crippen LogP contribution in [0.15, 0.2) is 24.3 Å². The van der Waals surface area contributed by atoms with Crippen LogP contribution >= 0.6 is 11.6 Å². The van der Waals surface area contributed by atoms with Gasteiger partial charge in [0.1, 0.15) is 18.7 Å². The van der Waals surface area contributed by atoms with E-state index in [0.717, 1.165) is 56.9 Å². The second-order valence-electron chi connectivity index (χ2n) is 10.3. The molecule has 39 heavy (non-hydrogen) atoms. The van der Waals surface area contributed by atoms with Crippen molar-refractivity contribution in [1.29, 1.82) is 0 Å². The van der Waals surface area contributed by atoms with Crippen LogP contribution in [0.1, 0.15) is 83.1 Å². The molecule has 0 spiro atoms. The lowest BCUT2D eigenvalue weighted by molar-refractivity contribution is -0.145. The zero-order valence-corrected chi connectivity index (χ0v) is 24.3. The Kier molecular flexibility index (Phi) is 14.7. The quantitative estimate of drug-likeness (QED) is 0.229. The average molecular weight is 566 g/mol. The Hall–Kier alpha value is -2.81. The molecular formula is C29H44ClN3O6. The van der Waals surface area contributed by atoms with Gasteiger partial charge >= 0.3 is 12.1 Å². The predicted molar refractivity (Wildman–Crippen MR) is 150 cm³/mol. The number of rotatable bonds is 15. The van der Waals surface area contributed by atoms with E-state index < -0.39 is 30.1 Å². The second-order valence-corrected chi connectivity index (χ2v) is 10.7. The zero-order chi connectivity index (χ0) is 28.6. The number of carbonyl (C=O) groups is 4. The molecule has 0 saturated heterocycles. The minimum absolute atomic E-state index is 0.00281. The molecule has 0 heterocycles. The van der Waals surface area contributed by atoms with Crippen molar-refractivity contribution in [3.8, 4) is 0 Å². The van der Waals surface area contributed by atoms with E-state index in [9.17, 15) is 19.2 Å². The maximum atomic E-state index is 13.4. The molecule has 1 fully saturated rings. The van der Waals surface area contributed by atoms with E-state index in [2.05, 4.69) is 17.6 Å². The molecule has 2 atom stereocenters. The summed E-state index contributed by atoms with van der Waals surface area (Å²) in [5.74, 6) is -0.961. The number of ether oxygens (including phenoxy) is 2. The van der Waals surface area contributed by atoms with Crippen molar-refractivity contribution in [2.45, 2.75) is 96.2 Å². The molecule has 2 rings (SSSR count). The number of alkyl carbamates (subject to hydrolysis) is 1. The van der Waals surface area contributed by atoms with Gasteiger partial charge in [-0.05, 0) is 42.9 Å². The fraction of sp³-hybridized carbons (Fsp3) is 0.655. The Labute approximate surface area is 237 Å². The predicted octanol–water partition coefficient (Wildman–Crippen LogP) is 4.99. The number of carbonyl (C=O) groups excluding carboxylic acids is 4. The van der Waals surface area contributed by atoms with Gasteiger partial charge in [0, 0.05) is 25.0 Å². The van der Waals surface area contributed by atoms with Gasteiger partial charge in [0.2, 0.25) is 11.8 Å². The van der Waals surface area contributed by atoms with Crippen LogP contribution in [0.4, 0.5) is 4.79 Å². The van der Waals surface area contributed by atoms with Crippen molar-refractivity contribution >= 4 is 35.5 Å². The number of halogens is 1. The first-order chi connectivity index (χ1) is 18.7. The first-order valence-corrected chi connectivity index (χ1v) is 14.4. The summed E-state index contributed by atoms with van der Waals surface area (Å²) in [6.07, 6.45) is 8.17. The molecule has 3 amide bonds. The molecule has 0 aliphatic heterocycles. The van der Waals surface area contributed by atoms with Crippen molar-refractivity contribution in [3.63, 3.8) is 0 Å². The number of esters is 1. The zero-order valence-electron chi connectivity index (χ0n) is 23.5. The van der Waals surface area contributed by atoms with Crippen molar-refractivity contribution in [2.24, 2.45) is 5.92 Å². The molecule has 1 aromatic carbocycles. The highest BCUT2D eigenvalue weighted by Crippen LogP contribution is 2.27. The first-order valence-electron chi connectivity index (χ1n) is 14.0. The molecule has 1 aliphatic rings. The molecule has 9 nitrogen and oxygen atoms in total. The van der Waals surface area contributed by atoms with E-state index in [1.54, 1.807) is 36.2 Å². The first kappa shape index (κ1) is 32.4. The normalized spacial score (nSPS) is 15.1. The van der Waals surface area contributed by atoms with Crippen molar-refractivity contribution in [3.05, 3.63) is 34.9 Å². The van der Waals surface area contributed by atoms with E-state index in [1.165, 1.54) is 7.11 Å². The van der Waals surface area contributed by atoms with E-state index in [1.807, 2.05) is 0 Å². The highest BCUT2D eigenvalue weighted by molar-refractivity contribution is 6.30. The number of benzene rings is 1. The minimum Gasteiger partial charge on any atom is -0.467 e. The maximum Gasteiger partial charge on any atom is 0.408 e. The highest BCUT2D eigenvalue weighted by atomic mass is 35.5. The Morgan fingerprint density at radius 1 is 1.08 bits per heavy atom. The fourth-order valence-electron chi connectivity index (χ4n) is 4.79. The van der Waals surface area contributed by atoms with Crippen LogP contribution in [0, 0.1) is 5.92 Å². The topological polar surface area (TPSA) is 114 Å². The molecule has 0 unspecified atom stereocenters. The second kappa shape index (κ2) is 17.7. The van der Waals surface area contributed by atoms with Crippen LogP contribution in [0.3, 0.4) is 0 Å². The molecule has 10 heteroatoms. The lowest BCUT2D eigenvalue weighted by atomic mass is 9.84. The summed E-state index contributed by atoms with van der Waals surface area (Å²) in [5, 5.41) is 5.94. The number of nitrogens with zero attached hydrogens (tertiary/aromatic N) is 1. The van der Waals surface area contributed by atoms with Gasteiger partial charge in [-0.15, -0.1) is 0 Å². The molecule has 0 bridgehead atoms. The number of methoxy groups -OCH3 is 1. The molecule has 1 saturated carbocycles. The maximum absolute atomic E-state index is 13.4. The SMILES string of the molecule is CCCCCN(C)C(=O)CC[C@H](NC(=O)[C@H](CC1CCCCC1)NC(=O)OCc1cccc(Cl)c1)C(=O)OC. The highest BCUT2D eigenvalue weighted by Gasteiger charge is 2.30. The summed E-state index contributed by atoms with van der Waals surface area (Å²) in [6.45, 7) is 2.75. The molecule has 1 aliphatic carbocycles. The lowest BCUT2D eigenvalue weighted by Crippen LogP contribution is -2.52. The van der Waals surface area contributed by atoms with E-state index >= 15 is 0 Å². The summed E-state index contributed by atoms with van der Waals surface area (Å²) in [4.78, 5) is 52.7. The monoisotopic (exact) mass is 565 g/mol. The Morgan fingerprint density at radius 2 is 1.82 bits per heavy atom. The summed E-state index contributed by atoms with van der Waals surface area (Å²) >= 11 is 6.00.